The first-order valence-corrected chi connectivity index (χ1v) is 8.50. The van der Waals surface area contributed by atoms with Crippen LogP contribution >= 0.6 is 0 Å². The van der Waals surface area contributed by atoms with Gasteiger partial charge >= 0.3 is 0 Å². The molecule has 2 aromatic rings. The fraction of sp³-hybridized carbons (Fsp3) is 0.250. The molecule has 142 valence electrons. The summed E-state index contributed by atoms with van der Waals surface area (Å²) < 4.78 is 0. The lowest BCUT2D eigenvalue weighted by Crippen LogP contribution is -2.40. The minimum atomic E-state index is -0.556. The van der Waals surface area contributed by atoms with Gasteiger partial charge in [0.05, 0.1) is 6.54 Å². The molecule has 0 bridgehead atoms. The van der Waals surface area contributed by atoms with Crippen LogP contribution in [0.25, 0.3) is 0 Å². The molecule has 0 aliphatic carbocycles. The number of carbonyl (C=O) groups excluding carboxylic acids is 3. The molecule has 0 aliphatic rings. The van der Waals surface area contributed by atoms with E-state index in [-0.39, 0.29) is 23.9 Å². The average molecular weight is 368 g/mol. The van der Waals surface area contributed by atoms with Gasteiger partial charge in [-0.2, -0.15) is 0 Å². The fourth-order valence-corrected chi connectivity index (χ4v) is 2.29. The summed E-state index contributed by atoms with van der Waals surface area (Å²) in [5.74, 6) is -0.980. The second-order valence-corrected chi connectivity index (χ2v) is 7.13. The molecule has 3 amide bonds. The number of amides is 3. The summed E-state index contributed by atoms with van der Waals surface area (Å²) in [5.41, 5.74) is 6.99. The Labute approximate surface area is 158 Å². The molecule has 27 heavy (non-hydrogen) atoms. The van der Waals surface area contributed by atoms with Crippen molar-refractivity contribution < 1.29 is 14.4 Å². The minimum absolute atomic E-state index is 0.0360. The number of carbonyl (C=O) groups is 3. The maximum Gasteiger partial charge on any atom is 0.251 e. The number of hydrogen-bond donors (Lipinski definition) is 4. The molecule has 0 aromatic heterocycles. The zero-order valence-electron chi connectivity index (χ0n) is 15.6. The lowest BCUT2D eigenvalue weighted by Gasteiger charge is -2.20. The molecule has 2 aromatic carbocycles. The van der Waals surface area contributed by atoms with Gasteiger partial charge in [0.25, 0.3) is 5.91 Å². The number of rotatable bonds is 6. The van der Waals surface area contributed by atoms with Crippen molar-refractivity contribution in [1.82, 2.24) is 5.32 Å². The van der Waals surface area contributed by atoms with Crippen molar-refractivity contribution in [2.45, 2.75) is 26.3 Å². The van der Waals surface area contributed by atoms with Gasteiger partial charge in [0.15, 0.2) is 0 Å². The Kier molecular flexibility index (Phi) is 6.18. The molecule has 0 saturated heterocycles. The van der Waals surface area contributed by atoms with E-state index in [9.17, 15) is 14.4 Å². The Morgan fingerprint density at radius 2 is 1.59 bits per heavy atom. The number of primary amides is 1. The van der Waals surface area contributed by atoms with E-state index in [2.05, 4.69) is 16.0 Å². The maximum absolute atomic E-state index is 12.1. The van der Waals surface area contributed by atoms with Crippen LogP contribution in [0.2, 0.25) is 0 Å². The van der Waals surface area contributed by atoms with Crippen LogP contribution in [0.15, 0.2) is 48.5 Å². The van der Waals surface area contributed by atoms with Gasteiger partial charge in [-0.1, -0.05) is 6.07 Å². The zero-order valence-corrected chi connectivity index (χ0v) is 15.6. The van der Waals surface area contributed by atoms with Gasteiger partial charge in [0.1, 0.15) is 0 Å². The van der Waals surface area contributed by atoms with E-state index in [0.29, 0.717) is 22.5 Å². The third kappa shape index (κ3) is 6.47. The third-order valence-corrected chi connectivity index (χ3v) is 3.52. The summed E-state index contributed by atoms with van der Waals surface area (Å²) in [4.78, 5) is 35.3. The quantitative estimate of drug-likeness (QED) is 0.627. The molecule has 0 fully saturated rings. The summed E-state index contributed by atoms with van der Waals surface area (Å²) in [5, 5.41) is 8.56. The molecule has 0 radical (unpaired) electrons. The van der Waals surface area contributed by atoms with Crippen LogP contribution in [0.1, 0.15) is 41.5 Å². The monoisotopic (exact) mass is 368 g/mol. The SMILES string of the molecule is CC(C)(C)NC(=O)c1ccc(NCC(=O)Nc2cccc(C(N)=O)c2)cc1. The van der Waals surface area contributed by atoms with Gasteiger partial charge in [0, 0.05) is 28.0 Å². The van der Waals surface area contributed by atoms with Gasteiger partial charge in [-0.3, -0.25) is 14.4 Å². The van der Waals surface area contributed by atoms with Gasteiger partial charge in [0.2, 0.25) is 11.8 Å². The Bertz CT molecular complexity index is 839. The number of benzene rings is 2. The van der Waals surface area contributed by atoms with Crippen LogP contribution < -0.4 is 21.7 Å². The predicted molar refractivity (Wildman–Crippen MR) is 106 cm³/mol. The Morgan fingerprint density at radius 3 is 2.19 bits per heavy atom. The molecule has 2 rings (SSSR count). The van der Waals surface area contributed by atoms with Gasteiger partial charge in [-0.05, 0) is 63.2 Å². The Balaban J connectivity index is 1.89. The summed E-state index contributed by atoms with van der Waals surface area (Å²) in [6.45, 7) is 5.78. The van der Waals surface area contributed by atoms with Crippen LogP contribution in [0, 0.1) is 0 Å². The molecule has 0 atom stereocenters. The minimum Gasteiger partial charge on any atom is -0.376 e. The number of nitrogens with one attached hydrogen (secondary N) is 3. The number of anilines is 2. The first-order valence-electron chi connectivity index (χ1n) is 8.50. The first-order chi connectivity index (χ1) is 12.6. The largest absolute Gasteiger partial charge is 0.376 e. The molecule has 7 heteroatoms. The van der Waals surface area contributed by atoms with Gasteiger partial charge in [-0.25, -0.2) is 0 Å². The van der Waals surface area contributed by atoms with Crippen LogP contribution in [-0.4, -0.2) is 29.8 Å². The summed E-state index contributed by atoms with van der Waals surface area (Å²) in [7, 11) is 0. The van der Waals surface area contributed by atoms with Gasteiger partial charge in [-0.15, -0.1) is 0 Å². The molecular formula is C20H24N4O3. The summed E-state index contributed by atoms with van der Waals surface area (Å²) in [6, 6.07) is 13.3. The standard InChI is InChI=1S/C20H24N4O3/c1-20(2,3)24-19(27)13-7-9-15(10-8-13)22-12-17(25)23-16-6-4-5-14(11-16)18(21)26/h4-11,22H,12H2,1-3H3,(H2,21,26)(H,23,25)(H,24,27). The topological polar surface area (TPSA) is 113 Å². The molecule has 5 N–H and O–H groups in total. The third-order valence-electron chi connectivity index (χ3n) is 3.52. The molecule has 0 spiro atoms. The van der Waals surface area contributed by atoms with E-state index in [4.69, 9.17) is 5.73 Å². The maximum atomic E-state index is 12.1. The molecule has 0 unspecified atom stereocenters. The molecule has 0 saturated carbocycles. The second kappa shape index (κ2) is 8.35. The van der Waals surface area contributed by atoms with E-state index in [0.717, 1.165) is 0 Å². The van der Waals surface area contributed by atoms with Crippen molar-refractivity contribution in [3.63, 3.8) is 0 Å². The second-order valence-electron chi connectivity index (χ2n) is 7.13. The summed E-state index contributed by atoms with van der Waals surface area (Å²) >= 11 is 0. The van der Waals surface area contributed by atoms with Crippen molar-refractivity contribution in [3.05, 3.63) is 59.7 Å². The molecular weight excluding hydrogens is 344 g/mol. The zero-order chi connectivity index (χ0) is 20.0. The van der Waals surface area contributed by atoms with Gasteiger partial charge < -0.3 is 21.7 Å². The normalized spacial score (nSPS) is 10.8. The van der Waals surface area contributed by atoms with Crippen molar-refractivity contribution in [2.24, 2.45) is 5.73 Å². The Hall–Kier alpha value is -3.35. The molecule has 0 heterocycles. The Morgan fingerprint density at radius 1 is 0.926 bits per heavy atom. The molecule has 0 aliphatic heterocycles. The highest BCUT2D eigenvalue weighted by Crippen LogP contribution is 2.12. The highest BCUT2D eigenvalue weighted by molar-refractivity contribution is 5.97. The van der Waals surface area contributed by atoms with Crippen LogP contribution in [0.3, 0.4) is 0 Å². The van der Waals surface area contributed by atoms with E-state index in [1.165, 1.54) is 6.07 Å². The number of nitrogens with two attached hydrogens (primary N) is 1. The van der Waals surface area contributed by atoms with Crippen LogP contribution in [-0.2, 0) is 4.79 Å². The smallest absolute Gasteiger partial charge is 0.251 e. The van der Waals surface area contributed by atoms with E-state index >= 15 is 0 Å². The van der Waals surface area contributed by atoms with Crippen molar-refractivity contribution in [1.29, 1.82) is 0 Å². The van der Waals surface area contributed by atoms with E-state index in [1.807, 2.05) is 20.8 Å². The van der Waals surface area contributed by atoms with E-state index in [1.54, 1.807) is 42.5 Å². The first kappa shape index (κ1) is 20.0. The predicted octanol–water partition coefficient (Wildman–Crippen LogP) is 2.36. The van der Waals surface area contributed by atoms with E-state index < -0.39 is 5.91 Å². The summed E-state index contributed by atoms with van der Waals surface area (Å²) in [6.07, 6.45) is 0. The highest BCUT2D eigenvalue weighted by atomic mass is 16.2. The molecule has 7 nitrogen and oxygen atoms in total. The fourth-order valence-electron chi connectivity index (χ4n) is 2.29. The lowest BCUT2D eigenvalue weighted by atomic mass is 10.1. The average Bonchev–Trinajstić information content (AvgIpc) is 2.59. The van der Waals surface area contributed by atoms with Crippen LogP contribution in [0.5, 0.6) is 0 Å². The van der Waals surface area contributed by atoms with Crippen molar-refractivity contribution in [2.75, 3.05) is 17.2 Å². The lowest BCUT2D eigenvalue weighted by molar-refractivity contribution is -0.114. The van der Waals surface area contributed by atoms with Crippen LogP contribution in [0.4, 0.5) is 11.4 Å². The van der Waals surface area contributed by atoms with Crippen molar-refractivity contribution in [3.8, 4) is 0 Å². The van der Waals surface area contributed by atoms with Crippen molar-refractivity contribution >= 4 is 29.1 Å². The highest BCUT2D eigenvalue weighted by Gasteiger charge is 2.15. The number of hydrogen-bond acceptors (Lipinski definition) is 4.